The third kappa shape index (κ3) is 1.55. The van der Waals surface area contributed by atoms with Crippen molar-refractivity contribution in [3.05, 3.63) is 0 Å². The summed E-state index contributed by atoms with van der Waals surface area (Å²) in [5, 5.41) is 0.561. The molecule has 0 aromatic carbocycles. The molecule has 4 atom stereocenters. The fourth-order valence-corrected chi connectivity index (χ4v) is 2.89. The van der Waals surface area contributed by atoms with Crippen molar-refractivity contribution in [2.75, 3.05) is 0 Å². The summed E-state index contributed by atoms with van der Waals surface area (Å²) in [6, 6.07) is 0. The molecule has 0 nitrogen and oxygen atoms in total. The van der Waals surface area contributed by atoms with E-state index in [1.54, 1.807) is 0 Å². The molecule has 0 aliphatic carbocycles. The highest BCUT2D eigenvalue weighted by atomic mass is 14.4. The molecule has 1 aliphatic rings. The van der Waals surface area contributed by atoms with Crippen LogP contribution in [0.5, 0.6) is 0 Å². The van der Waals surface area contributed by atoms with Crippen molar-refractivity contribution < 1.29 is 0 Å². The molecule has 12 heavy (non-hydrogen) atoms. The van der Waals surface area contributed by atoms with E-state index >= 15 is 0 Å². The van der Waals surface area contributed by atoms with Gasteiger partial charge in [-0.2, -0.15) is 0 Å². The molecule has 1 saturated heterocycles. The van der Waals surface area contributed by atoms with Crippen molar-refractivity contribution in [3.8, 4) is 0 Å². The van der Waals surface area contributed by atoms with Gasteiger partial charge in [-0.3, -0.25) is 0 Å². The summed E-state index contributed by atoms with van der Waals surface area (Å²) >= 11 is 0. The summed E-state index contributed by atoms with van der Waals surface area (Å²) in [5.74, 6) is 3.59. The van der Waals surface area contributed by atoms with Crippen LogP contribution in [0.4, 0.5) is 0 Å². The smallest absolute Gasteiger partial charge is 0.0691 e. The molecular formula is C11H23B. The van der Waals surface area contributed by atoms with E-state index in [4.69, 9.17) is 0 Å². The largest absolute Gasteiger partial charge is 0.131 e. The third-order valence-electron chi connectivity index (χ3n) is 4.60. The highest BCUT2D eigenvalue weighted by molar-refractivity contribution is 6.42. The van der Waals surface area contributed by atoms with Crippen LogP contribution < -0.4 is 0 Å². The molecule has 0 aromatic rings. The molecule has 4 unspecified atom stereocenters. The SMILES string of the molecule is CC1BC(C)(C)C(C)C(C)C1C. The predicted molar refractivity (Wildman–Crippen MR) is 58.1 cm³/mol. The van der Waals surface area contributed by atoms with Crippen molar-refractivity contribution in [1.82, 2.24) is 0 Å². The molecule has 0 amide bonds. The van der Waals surface area contributed by atoms with Crippen molar-refractivity contribution in [3.63, 3.8) is 0 Å². The van der Waals surface area contributed by atoms with Crippen LogP contribution in [0.2, 0.25) is 11.1 Å². The number of hydrogen-bond acceptors (Lipinski definition) is 0. The lowest BCUT2D eigenvalue weighted by atomic mass is 9.35. The first-order valence-corrected chi connectivity index (χ1v) is 5.36. The standard InChI is InChI=1S/C11H23B/c1-7-8(2)10(4)12-11(5,6)9(7)3/h7-10,12H,1-6H3. The molecule has 1 aliphatic heterocycles. The van der Waals surface area contributed by atoms with Gasteiger partial charge in [0.05, 0.1) is 0 Å². The topological polar surface area (TPSA) is 0 Å². The van der Waals surface area contributed by atoms with Gasteiger partial charge < -0.3 is 0 Å². The minimum atomic E-state index is 0.561. The van der Waals surface area contributed by atoms with Gasteiger partial charge in [0, 0.05) is 0 Å². The average Bonchev–Trinajstić information content (AvgIpc) is 1.97. The Labute approximate surface area is 78.4 Å². The second-order valence-electron chi connectivity index (χ2n) is 5.68. The van der Waals surface area contributed by atoms with Crippen LogP contribution in [-0.4, -0.2) is 7.28 Å². The van der Waals surface area contributed by atoms with E-state index in [2.05, 4.69) is 41.5 Å². The second-order valence-corrected chi connectivity index (χ2v) is 5.68. The molecule has 0 saturated carbocycles. The van der Waals surface area contributed by atoms with Crippen LogP contribution in [0.15, 0.2) is 0 Å². The molecule has 0 bridgehead atoms. The molecule has 0 radical (unpaired) electrons. The third-order valence-corrected chi connectivity index (χ3v) is 4.60. The Morgan fingerprint density at radius 2 is 1.42 bits per heavy atom. The zero-order valence-corrected chi connectivity index (χ0v) is 9.52. The van der Waals surface area contributed by atoms with Crippen LogP contribution in [0, 0.1) is 17.8 Å². The van der Waals surface area contributed by atoms with Gasteiger partial charge in [-0.1, -0.05) is 52.7 Å². The van der Waals surface area contributed by atoms with Crippen LogP contribution in [0.3, 0.4) is 0 Å². The molecule has 70 valence electrons. The molecule has 0 aromatic heterocycles. The van der Waals surface area contributed by atoms with E-state index in [-0.39, 0.29) is 0 Å². The zero-order valence-electron chi connectivity index (χ0n) is 9.52. The lowest BCUT2D eigenvalue weighted by Crippen LogP contribution is -2.39. The van der Waals surface area contributed by atoms with E-state index in [1.807, 2.05) is 0 Å². The first kappa shape index (κ1) is 10.1. The molecule has 0 N–H and O–H groups in total. The number of hydrogen-bond donors (Lipinski definition) is 0. The minimum absolute atomic E-state index is 0.561. The Hall–Kier alpha value is 0.0649. The fraction of sp³-hybridized carbons (Fsp3) is 1.00. The minimum Gasteiger partial charge on any atom is -0.0691 e. The van der Waals surface area contributed by atoms with Crippen LogP contribution in [0.25, 0.3) is 0 Å². The summed E-state index contributed by atoms with van der Waals surface area (Å²) < 4.78 is 0. The van der Waals surface area contributed by atoms with Crippen LogP contribution in [0.1, 0.15) is 41.5 Å². The Morgan fingerprint density at radius 1 is 0.917 bits per heavy atom. The quantitative estimate of drug-likeness (QED) is 0.484. The van der Waals surface area contributed by atoms with Crippen LogP contribution >= 0.6 is 0 Å². The van der Waals surface area contributed by atoms with E-state index < -0.39 is 0 Å². The van der Waals surface area contributed by atoms with Gasteiger partial charge in [0.1, 0.15) is 7.28 Å². The lowest BCUT2D eigenvalue weighted by Gasteiger charge is -2.47. The predicted octanol–water partition coefficient (Wildman–Crippen LogP) is 3.35. The molecule has 1 heteroatoms. The first-order valence-electron chi connectivity index (χ1n) is 5.36. The van der Waals surface area contributed by atoms with Gasteiger partial charge in [-0.05, 0) is 17.8 Å². The zero-order chi connectivity index (χ0) is 9.52. The Bertz CT molecular complexity index is 162. The normalized spacial score (nSPS) is 46.8. The van der Waals surface area contributed by atoms with Gasteiger partial charge in [-0.15, -0.1) is 0 Å². The van der Waals surface area contributed by atoms with E-state index in [1.165, 1.54) is 7.28 Å². The molecule has 0 spiro atoms. The molecular weight excluding hydrogens is 143 g/mol. The summed E-state index contributed by atoms with van der Waals surface area (Å²) in [4.78, 5) is 0. The first-order chi connectivity index (χ1) is 5.36. The van der Waals surface area contributed by atoms with E-state index in [0.29, 0.717) is 5.31 Å². The van der Waals surface area contributed by atoms with Crippen molar-refractivity contribution in [1.29, 1.82) is 0 Å². The molecule has 1 fully saturated rings. The highest BCUT2D eigenvalue weighted by Crippen LogP contribution is 2.50. The Balaban J connectivity index is 2.78. The summed E-state index contributed by atoms with van der Waals surface area (Å²) in [6.07, 6.45) is 0. The maximum absolute atomic E-state index is 2.43. The molecule has 1 heterocycles. The summed E-state index contributed by atoms with van der Waals surface area (Å²) in [6.45, 7) is 14.5. The van der Waals surface area contributed by atoms with Crippen molar-refractivity contribution in [2.24, 2.45) is 17.8 Å². The Kier molecular flexibility index (Phi) is 2.61. The lowest BCUT2D eigenvalue weighted by molar-refractivity contribution is 0.199. The number of rotatable bonds is 0. The van der Waals surface area contributed by atoms with Gasteiger partial charge >= 0.3 is 0 Å². The second kappa shape index (κ2) is 3.08. The van der Waals surface area contributed by atoms with Crippen molar-refractivity contribution in [2.45, 2.75) is 52.7 Å². The van der Waals surface area contributed by atoms with Gasteiger partial charge in [0.25, 0.3) is 0 Å². The monoisotopic (exact) mass is 166 g/mol. The highest BCUT2D eigenvalue weighted by Gasteiger charge is 2.41. The maximum atomic E-state index is 2.43. The fourth-order valence-electron chi connectivity index (χ4n) is 2.89. The van der Waals surface area contributed by atoms with Gasteiger partial charge in [-0.25, -0.2) is 0 Å². The van der Waals surface area contributed by atoms with E-state index in [9.17, 15) is 0 Å². The van der Waals surface area contributed by atoms with Crippen molar-refractivity contribution >= 4 is 7.28 Å². The van der Waals surface area contributed by atoms with Crippen LogP contribution in [-0.2, 0) is 0 Å². The average molecular weight is 166 g/mol. The summed E-state index contributed by atoms with van der Waals surface area (Å²) in [5.41, 5.74) is 0. The Morgan fingerprint density at radius 3 is 1.92 bits per heavy atom. The van der Waals surface area contributed by atoms with Gasteiger partial charge in [0.2, 0.25) is 0 Å². The van der Waals surface area contributed by atoms with E-state index in [0.717, 1.165) is 23.6 Å². The maximum Gasteiger partial charge on any atom is 0.131 e. The summed E-state index contributed by atoms with van der Waals surface area (Å²) in [7, 11) is 1.40. The van der Waals surface area contributed by atoms with Gasteiger partial charge in [0.15, 0.2) is 0 Å². The molecule has 1 rings (SSSR count).